The molecule has 0 bridgehead atoms. The van der Waals surface area contributed by atoms with Gasteiger partial charge in [0.05, 0.1) is 6.61 Å². The van der Waals surface area contributed by atoms with Crippen LogP contribution in [-0.4, -0.2) is 12.0 Å². The molecule has 2 aromatic carbocycles. The SMILES string of the molecule is Cc1cccc(O[C@@H](C)C(=O)NOCc2ccccc2)c1C. The lowest BCUT2D eigenvalue weighted by molar-refractivity contribution is -0.141. The maximum absolute atomic E-state index is 12.0. The Morgan fingerprint density at radius 1 is 1.09 bits per heavy atom. The smallest absolute Gasteiger partial charge is 0.284 e. The number of hydrogen-bond acceptors (Lipinski definition) is 3. The quantitative estimate of drug-likeness (QED) is 0.832. The average Bonchev–Trinajstić information content (AvgIpc) is 2.52. The molecule has 116 valence electrons. The van der Waals surface area contributed by atoms with Crippen LogP contribution in [0.2, 0.25) is 0 Å². The highest BCUT2D eigenvalue weighted by Crippen LogP contribution is 2.21. The molecule has 0 aliphatic heterocycles. The van der Waals surface area contributed by atoms with Crippen LogP contribution in [0.4, 0.5) is 0 Å². The first-order valence-corrected chi connectivity index (χ1v) is 7.26. The van der Waals surface area contributed by atoms with E-state index in [2.05, 4.69) is 5.48 Å². The monoisotopic (exact) mass is 299 g/mol. The van der Waals surface area contributed by atoms with Crippen molar-refractivity contribution in [2.75, 3.05) is 0 Å². The van der Waals surface area contributed by atoms with Crippen molar-refractivity contribution < 1.29 is 14.4 Å². The minimum absolute atomic E-state index is 0.308. The van der Waals surface area contributed by atoms with Crippen molar-refractivity contribution >= 4 is 5.91 Å². The van der Waals surface area contributed by atoms with Crippen molar-refractivity contribution in [2.24, 2.45) is 0 Å². The number of carbonyl (C=O) groups is 1. The van der Waals surface area contributed by atoms with E-state index < -0.39 is 6.10 Å². The van der Waals surface area contributed by atoms with E-state index in [4.69, 9.17) is 9.57 Å². The van der Waals surface area contributed by atoms with Gasteiger partial charge in [-0.1, -0.05) is 42.5 Å². The van der Waals surface area contributed by atoms with Crippen LogP contribution in [0.1, 0.15) is 23.6 Å². The molecule has 0 saturated heterocycles. The molecule has 2 rings (SSSR count). The Balaban J connectivity index is 1.83. The maximum Gasteiger partial charge on any atom is 0.284 e. The third kappa shape index (κ3) is 4.33. The Morgan fingerprint density at radius 3 is 2.55 bits per heavy atom. The second-order valence-electron chi connectivity index (χ2n) is 5.20. The Morgan fingerprint density at radius 2 is 1.82 bits per heavy atom. The van der Waals surface area contributed by atoms with Crippen LogP contribution in [-0.2, 0) is 16.2 Å². The third-order valence-electron chi connectivity index (χ3n) is 3.48. The fourth-order valence-corrected chi connectivity index (χ4v) is 1.94. The first-order valence-electron chi connectivity index (χ1n) is 7.26. The molecule has 0 aliphatic carbocycles. The molecule has 1 atom stereocenters. The van der Waals surface area contributed by atoms with Crippen LogP contribution >= 0.6 is 0 Å². The maximum atomic E-state index is 12.0. The lowest BCUT2D eigenvalue weighted by Crippen LogP contribution is -2.36. The highest BCUT2D eigenvalue weighted by molar-refractivity contribution is 5.79. The van der Waals surface area contributed by atoms with Crippen LogP contribution in [0.3, 0.4) is 0 Å². The van der Waals surface area contributed by atoms with E-state index in [1.807, 2.05) is 62.4 Å². The normalized spacial score (nSPS) is 11.8. The minimum atomic E-state index is -0.628. The first kappa shape index (κ1) is 16.0. The highest BCUT2D eigenvalue weighted by Gasteiger charge is 2.16. The van der Waals surface area contributed by atoms with Crippen molar-refractivity contribution in [1.82, 2.24) is 5.48 Å². The van der Waals surface area contributed by atoms with E-state index in [-0.39, 0.29) is 5.91 Å². The van der Waals surface area contributed by atoms with Crippen molar-refractivity contribution in [1.29, 1.82) is 0 Å². The van der Waals surface area contributed by atoms with E-state index in [9.17, 15) is 4.79 Å². The molecule has 22 heavy (non-hydrogen) atoms. The molecular formula is C18H21NO3. The van der Waals surface area contributed by atoms with Gasteiger partial charge in [-0.05, 0) is 43.5 Å². The molecule has 1 N–H and O–H groups in total. The van der Waals surface area contributed by atoms with Crippen molar-refractivity contribution in [3.05, 3.63) is 65.2 Å². The molecular weight excluding hydrogens is 278 g/mol. The zero-order valence-electron chi connectivity index (χ0n) is 13.1. The van der Waals surface area contributed by atoms with E-state index in [0.29, 0.717) is 12.4 Å². The van der Waals surface area contributed by atoms with Gasteiger partial charge in [-0.2, -0.15) is 0 Å². The number of benzene rings is 2. The molecule has 0 radical (unpaired) electrons. The summed E-state index contributed by atoms with van der Waals surface area (Å²) in [6.45, 7) is 6.00. The molecule has 2 aromatic rings. The van der Waals surface area contributed by atoms with Gasteiger partial charge in [-0.25, -0.2) is 5.48 Å². The van der Waals surface area contributed by atoms with Gasteiger partial charge in [-0.3, -0.25) is 9.63 Å². The Kier molecular flexibility index (Phi) is 5.55. The van der Waals surface area contributed by atoms with Gasteiger partial charge < -0.3 is 4.74 Å². The predicted octanol–water partition coefficient (Wildman–Crippen LogP) is 3.32. The number of hydroxylamine groups is 1. The zero-order valence-corrected chi connectivity index (χ0v) is 13.1. The minimum Gasteiger partial charge on any atom is -0.481 e. The summed E-state index contributed by atoms with van der Waals surface area (Å²) in [5.41, 5.74) is 5.58. The Labute approximate surface area is 131 Å². The summed E-state index contributed by atoms with van der Waals surface area (Å²) in [5, 5.41) is 0. The van der Waals surface area contributed by atoms with E-state index in [1.54, 1.807) is 6.92 Å². The van der Waals surface area contributed by atoms with Gasteiger partial charge in [0.15, 0.2) is 6.10 Å². The fourth-order valence-electron chi connectivity index (χ4n) is 1.94. The summed E-state index contributed by atoms with van der Waals surface area (Å²) < 4.78 is 5.70. The summed E-state index contributed by atoms with van der Waals surface area (Å²) in [7, 11) is 0. The Hall–Kier alpha value is -2.33. The van der Waals surface area contributed by atoms with E-state index in [1.165, 1.54) is 0 Å². The van der Waals surface area contributed by atoms with Crippen LogP contribution in [0, 0.1) is 13.8 Å². The molecule has 1 amide bonds. The topological polar surface area (TPSA) is 47.6 Å². The Bertz CT molecular complexity index is 625. The number of nitrogens with one attached hydrogen (secondary N) is 1. The largest absolute Gasteiger partial charge is 0.481 e. The number of carbonyl (C=O) groups excluding carboxylic acids is 1. The van der Waals surface area contributed by atoms with Crippen LogP contribution in [0.15, 0.2) is 48.5 Å². The molecule has 0 spiro atoms. The number of ether oxygens (including phenoxy) is 1. The van der Waals surface area contributed by atoms with Crippen LogP contribution < -0.4 is 10.2 Å². The number of rotatable bonds is 6. The number of amides is 1. The third-order valence-corrected chi connectivity index (χ3v) is 3.48. The number of aryl methyl sites for hydroxylation is 1. The molecule has 0 unspecified atom stereocenters. The zero-order chi connectivity index (χ0) is 15.9. The van der Waals surface area contributed by atoms with E-state index in [0.717, 1.165) is 16.7 Å². The summed E-state index contributed by atoms with van der Waals surface area (Å²) in [5.74, 6) is 0.405. The van der Waals surface area contributed by atoms with Crippen LogP contribution in [0.25, 0.3) is 0 Å². The lowest BCUT2D eigenvalue weighted by atomic mass is 10.1. The van der Waals surface area contributed by atoms with Crippen LogP contribution in [0.5, 0.6) is 5.75 Å². The number of hydrogen-bond donors (Lipinski definition) is 1. The summed E-state index contributed by atoms with van der Waals surface area (Å²) in [6.07, 6.45) is -0.628. The lowest BCUT2D eigenvalue weighted by Gasteiger charge is -2.17. The molecule has 0 aromatic heterocycles. The summed E-state index contributed by atoms with van der Waals surface area (Å²) in [4.78, 5) is 17.2. The van der Waals surface area contributed by atoms with Gasteiger partial charge in [0.25, 0.3) is 5.91 Å². The van der Waals surface area contributed by atoms with Gasteiger partial charge >= 0.3 is 0 Å². The van der Waals surface area contributed by atoms with Gasteiger partial charge in [0.1, 0.15) is 5.75 Å². The van der Waals surface area contributed by atoms with Gasteiger partial charge in [0, 0.05) is 0 Å². The van der Waals surface area contributed by atoms with Crippen molar-refractivity contribution in [3.63, 3.8) is 0 Å². The highest BCUT2D eigenvalue weighted by atomic mass is 16.7. The van der Waals surface area contributed by atoms with E-state index >= 15 is 0 Å². The standard InChI is InChI=1S/C18H21NO3/c1-13-8-7-11-17(14(13)2)22-15(3)18(20)19-21-12-16-9-5-4-6-10-16/h4-11,15H,12H2,1-3H3,(H,19,20)/t15-/m0/s1. The fraction of sp³-hybridized carbons (Fsp3) is 0.278. The molecule has 0 aliphatic rings. The average molecular weight is 299 g/mol. The molecule has 4 nitrogen and oxygen atoms in total. The van der Waals surface area contributed by atoms with Crippen molar-refractivity contribution in [2.45, 2.75) is 33.5 Å². The van der Waals surface area contributed by atoms with Crippen molar-refractivity contribution in [3.8, 4) is 5.75 Å². The first-order chi connectivity index (χ1) is 10.6. The second kappa shape index (κ2) is 7.61. The molecule has 4 heteroatoms. The molecule has 0 saturated carbocycles. The molecule has 0 fully saturated rings. The summed E-state index contributed by atoms with van der Waals surface area (Å²) >= 11 is 0. The summed E-state index contributed by atoms with van der Waals surface area (Å²) in [6, 6.07) is 15.4. The molecule has 0 heterocycles. The van der Waals surface area contributed by atoms with Gasteiger partial charge in [0.2, 0.25) is 0 Å². The van der Waals surface area contributed by atoms with Gasteiger partial charge in [-0.15, -0.1) is 0 Å². The second-order valence-corrected chi connectivity index (χ2v) is 5.20. The predicted molar refractivity (Wildman–Crippen MR) is 85.4 cm³/mol.